The number of carbonyl (C=O) groups is 2. The molecule has 3 aliphatic heterocycles. The second-order valence-electron chi connectivity index (χ2n) is 8.23. The number of hydrogen-bond acceptors (Lipinski definition) is 10. The number of nitrogens with zero attached hydrogens (tertiary/aromatic N) is 2. The van der Waals surface area contributed by atoms with Crippen molar-refractivity contribution in [2.24, 2.45) is 0 Å². The van der Waals surface area contributed by atoms with Gasteiger partial charge in [0.2, 0.25) is 25.1 Å². The van der Waals surface area contributed by atoms with E-state index in [0.717, 1.165) is 62.3 Å². The Morgan fingerprint density at radius 2 is 1.11 bits per heavy atom. The summed E-state index contributed by atoms with van der Waals surface area (Å²) in [6.45, 7) is 6.21. The van der Waals surface area contributed by atoms with Gasteiger partial charge in [0.1, 0.15) is 0 Å². The van der Waals surface area contributed by atoms with Crippen molar-refractivity contribution >= 4 is 11.9 Å². The number of carboxylic acids is 2. The van der Waals surface area contributed by atoms with Crippen LogP contribution in [0.2, 0.25) is 0 Å². The fourth-order valence-corrected chi connectivity index (χ4v) is 4.17. The van der Waals surface area contributed by atoms with Crippen molar-refractivity contribution in [1.82, 2.24) is 9.80 Å². The zero-order valence-corrected chi connectivity index (χ0v) is 20.0. The number of carboxylic acid groups (broad SMARTS) is 2. The number of aliphatic carboxylic acids is 2. The number of fused-ring (bicyclic) bond motifs is 2. The van der Waals surface area contributed by atoms with Crippen molar-refractivity contribution in [1.29, 1.82) is 0 Å². The van der Waals surface area contributed by atoms with Crippen LogP contribution in [-0.4, -0.2) is 85.9 Å². The summed E-state index contributed by atoms with van der Waals surface area (Å²) >= 11 is 0. The van der Waals surface area contributed by atoms with Crippen molar-refractivity contribution in [3.63, 3.8) is 0 Å². The Kier molecular flexibility index (Phi) is 7.86. The molecule has 0 spiro atoms. The van der Waals surface area contributed by atoms with Crippen LogP contribution in [-0.2, 0) is 22.7 Å². The van der Waals surface area contributed by atoms with E-state index >= 15 is 0 Å². The van der Waals surface area contributed by atoms with Gasteiger partial charge in [-0.15, -0.1) is 0 Å². The summed E-state index contributed by atoms with van der Waals surface area (Å²) in [7, 11) is 3.32. The van der Waals surface area contributed by atoms with Gasteiger partial charge in [0.05, 0.1) is 14.2 Å². The molecule has 12 nitrogen and oxygen atoms in total. The molecule has 12 heteroatoms. The second kappa shape index (κ2) is 11.2. The first kappa shape index (κ1) is 25.2. The summed E-state index contributed by atoms with van der Waals surface area (Å²) in [6.07, 6.45) is 0. The Hall–Kier alpha value is -3.90. The average Bonchev–Trinajstić information content (AvgIpc) is 3.54. The first-order valence-electron chi connectivity index (χ1n) is 11.2. The zero-order chi connectivity index (χ0) is 25.7. The molecule has 5 rings (SSSR count). The van der Waals surface area contributed by atoms with Gasteiger partial charge in [0.15, 0.2) is 23.0 Å². The minimum absolute atomic E-state index is 0.248. The summed E-state index contributed by atoms with van der Waals surface area (Å²) < 4.78 is 33.0. The molecule has 2 N–H and O–H groups in total. The third kappa shape index (κ3) is 5.83. The molecule has 2 aromatic rings. The lowest BCUT2D eigenvalue weighted by molar-refractivity contribution is -0.159. The first-order chi connectivity index (χ1) is 17.4. The van der Waals surface area contributed by atoms with Crippen LogP contribution in [0.5, 0.6) is 34.5 Å². The van der Waals surface area contributed by atoms with E-state index in [2.05, 4.69) is 21.9 Å². The first-order valence-corrected chi connectivity index (χ1v) is 11.2. The van der Waals surface area contributed by atoms with E-state index in [4.69, 9.17) is 48.2 Å². The fraction of sp³-hybridized carbons (Fsp3) is 0.417. The largest absolute Gasteiger partial charge is 0.493 e. The smallest absolute Gasteiger partial charge is 0.414 e. The summed E-state index contributed by atoms with van der Waals surface area (Å²) in [5, 5.41) is 14.8. The third-order valence-corrected chi connectivity index (χ3v) is 5.90. The van der Waals surface area contributed by atoms with Gasteiger partial charge in [-0.05, 0) is 35.4 Å². The van der Waals surface area contributed by atoms with Crippen molar-refractivity contribution < 1.29 is 48.2 Å². The van der Waals surface area contributed by atoms with Gasteiger partial charge in [-0.3, -0.25) is 9.80 Å². The highest BCUT2D eigenvalue weighted by atomic mass is 16.7. The zero-order valence-electron chi connectivity index (χ0n) is 20.0. The number of rotatable bonds is 6. The fourth-order valence-electron chi connectivity index (χ4n) is 4.17. The van der Waals surface area contributed by atoms with E-state index in [9.17, 15) is 0 Å². The molecule has 36 heavy (non-hydrogen) atoms. The Morgan fingerprint density at radius 3 is 1.44 bits per heavy atom. The number of benzene rings is 2. The Balaban J connectivity index is 0.000000455. The molecule has 3 heterocycles. The lowest BCUT2D eigenvalue weighted by Crippen LogP contribution is -2.45. The molecule has 0 unspecified atom stereocenters. The number of ether oxygens (including phenoxy) is 6. The summed E-state index contributed by atoms with van der Waals surface area (Å²) in [5.41, 5.74) is 2.34. The van der Waals surface area contributed by atoms with Crippen molar-refractivity contribution in [3.8, 4) is 34.5 Å². The normalized spacial score (nSPS) is 16.2. The van der Waals surface area contributed by atoms with Crippen molar-refractivity contribution in [2.75, 3.05) is 54.0 Å². The molecule has 0 atom stereocenters. The SMILES string of the molecule is COc1cc(CN2CCN(Cc3cc(OC)c4c(c3)OCO4)CC2)cc2c1OCO2.O=C(O)C(=O)O. The molecule has 0 bridgehead atoms. The Morgan fingerprint density at radius 1 is 0.722 bits per heavy atom. The van der Waals surface area contributed by atoms with E-state index in [0.29, 0.717) is 11.5 Å². The molecule has 0 amide bonds. The lowest BCUT2D eigenvalue weighted by Gasteiger charge is -2.34. The maximum Gasteiger partial charge on any atom is 0.414 e. The maximum atomic E-state index is 9.10. The monoisotopic (exact) mass is 504 g/mol. The minimum atomic E-state index is -1.82. The van der Waals surface area contributed by atoms with Gasteiger partial charge >= 0.3 is 11.9 Å². The van der Waals surface area contributed by atoms with Crippen LogP contribution in [0.4, 0.5) is 0 Å². The third-order valence-electron chi connectivity index (χ3n) is 5.90. The van der Waals surface area contributed by atoms with E-state index in [1.807, 2.05) is 12.1 Å². The molecule has 2 aromatic carbocycles. The number of methoxy groups -OCH3 is 2. The van der Waals surface area contributed by atoms with E-state index in [-0.39, 0.29) is 13.6 Å². The molecule has 0 saturated carbocycles. The summed E-state index contributed by atoms with van der Waals surface area (Å²) in [5.74, 6) is 0.741. The number of hydrogen-bond donors (Lipinski definition) is 2. The van der Waals surface area contributed by atoms with Crippen LogP contribution in [0.1, 0.15) is 11.1 Å². The maximum absolute atomic E-state index is 9.10. The van der Waals surface area contributed by atoms with Gasteiger partial charge in [-0.25, -0.2) is 9.59 Å². The van der Waals surface area contributed by atoms with Crippen LogP contribution < -0.4 is 28.4 Å². The van der Waals surface area contributed by atoms with E-state index in [1.165, 1.54) is 11.1 Å². The van der Waals surface area contributed by atoms with Crippen LogP contribution >= 0.6 is 0 Å². The van der Waals surface area contributed by atoms with Crippen LogP contribution in [0.15, 0.2) is 24.3 Å². The van der Waals surface area contributed by atoms with Gasteiger partial charge in [0.25, 0.3) is 0 Å². The Labute approximate surface area is 207 Å². The molecule has 3 aliphatic rings. The van der Waals surface area contributed by atoms with Gasteiger partial charge < -0.3 is 38.6 Å². The predicted molar refractivity (Wildman–Crippen MR) is 124 cm³/mol. The van der Waals surface area contributed by atoms with E-state index < -0.39 is 11.9 Å². The highest BCUT2D eigenvalue weighted by molar-refractivity contribution is 6.27. The second-order valence-corrected chi connectivity index (χ2v) is 8.23. The van der Waals surface area contributed by atoms with Crippen molar-refractivity contribution in [3.05, 3.63) is 35.4 Å². The van der Waals surface area contributed by atoms with Gasteiger partial charge in [0, 0.05) is 39.3 Å². The highest BCUT2D eigenvalue weighted by Gasteiger charge is 2.24. The molecule has 1 saturated heterocycles. The predicted octanol–water partition coefficient (Wildman–Crippen LogP) is 1.63. The molecule has 0 aromatic heterocycles. The van der Waals surface area contributed by atoms with Crippen LogP contribution in [0.3, 0.4) is 0 Å². The topological polar surface area (TPSA) is 136 Å². The lowest BCUT2D eigenvalue weighted by atomic mass is 10.1. The molecule has 194 valence electrons. The minimum Gasteiger partial charge on any atom is -0.493 e. The summed E-state index contributed by atoms with van der Waals surface area (Å²) in [6, 6.07) is 8.18. The van der Waals surface area contributed by atoms with E-state index in [1.54, 1.807) is 14.2 Å². The molecule has 0 radical (unpaired) electrons. The highest BCUT2D eigenvalue weighted by Crippen LogP contribution is 2.43. The standard InChI is InChI=1S/C22H26N2O6.C2H2O4/c1-25-17-7-15(9-19-21(17)29-13-27-19)11-23-3-5-24(6-4-23)12-16-8-18(26-2)22-20(10-16)28-14-30-22;3-1(4)2(5)6/h7-10H,3-6,11-14H2,1-2H3;(H,3,4)(H,5,6). The summed E-state index contributed by atoms with van der Waals surface area (Å²) in [4.78, 5) is 23.1. The van der Waals surface area contributed by atoms with Gasteiger partial charge in [-0.1, -0.05) is 0 Å². The Bertz CT molecular complexity index is 1030. The molecular weight excluding hydrogens is 476 g/mol. The molecular formula is C24H28N2O10. The van der Waals surface area contributed by atoms with Crippen LogP contribution in [0, 0.1) is 0 Å². The molecule has 1 fully saturated rings. The van der Waals surface area contributed by atoms with Gasteiger partial charge in [-0.2, -0.15) is 0 Å². The molecule has 0 aliphatic carbocycles. The quantitative estimate of drug-likeness (QED) is 0.553. The van der Waals surface area contributed by atoms with Crippen LogP contribution in [0.25, 0.3) is 0 Å². The average molecular weight is 504 g/mol. The van der Waals surface area contributed by atoms with Crippen molar-refractivity contribution in [2.45, 2.75) is 13.1 Å². The number of piperazine rings is 1.